The van der Waals surface area contributed by atoms with Gasteiger partial charge in [-0.1, -0.05) is 11.6 Å². The number of ether oxygens (including phenoxy) is 1. The summed E-state index contributed by atoms with van der Waals surface area (Å²) in [4.78, 5) is 11.8. The fraction of sp³-hybridized carbons (Fsp3) is 0.357. The maximum atomic E-state index is 11.8. The molecule has 1 N–H and O–H groups in total. The lowest BCUT2D eigenvalue weighted by atomic mass is 10.2. The van der Waals surface area contributed by atoms with Gasteiger partial charge >= 0.3 is 0 Å². The second kappa shape index (κ2) is 6.59. The molecule has 0 fully saturated rings. The van der Waals surface area contributed by atoms with Crippen molar-refractivity contribution in [2.24, 2.45) is 0 Å². The van der Waals surface area contributed by atoms with Crippen LogP contribution in [0.25, 0.3) is 11.0 Å². The largest absolute Gasteiger partial charge is 0.451 e. The number of alkyl halides is 1. The number of carbonyl (C=O) groups excluding carboxylic acids is 1. The van der Waals surface area contributed by atoms with E-state index in [1.165, 1.54) is 0 Å². The van der Waals surface area contributed by atoms with E-state index in [0.29, 0.717) is 37.0 Å². The molecule has 0 aliphatic heterocycles. The molecule has 4 nitrogen and oxygen atoms in total. The first kappa shape index (κ1) is 13.9. The average Bonchev–Trinajstić information content (AvgIpc) is 2.81. The van der Waals surface area contributed by atoms with Crippen molar-refractivity contribution in [1.82, 2.24) is 5.32 Å². The number of halogens is 1. The van der Waals surface area contributed by atoms with E-state index in [4.69, 9.17) is 20.8 Å². The molecule has 0 bridgehead atoms. The van der Waals surface area contributed by atoms with E-state index in [1.807, 2.05) is 25.1 Å². The van der Waals surface area contributed by atoms with Gasteiger partial charge in [-0.3, -0.25) is 4.79 Å². The Kier molecular flexibility index (Phi) is 4.82. The number of aryl methyl sites for hydroxylation is 1. The van der Waals surface area contributed by atoms with E-state index in [2.05, 4.69) is 5.32 Å². The average molecular weight is 282 g/mol. The minimum atomic E-state index is -0.233. The molecule has 0 unspecified atom stereocenters. The van der Waals surface area contributed by atoms with Crippen LogP contribution in [0, 0.1) is 6.92 Å². The third-order valence-corrected chi connectivity index (χ3v) is 2.80. The number of furan rings is 1. The molecule has 1 aromatic heterocycles. The fourth-order valence-electron chi connectivity index (χ4n) is 1.76. The van der Waals surface area contributed by atoms with Gasteiger partial charge in [0.15, 0.2) is 5.76 Å². The van der Waals surface area contributed by atoms with Gasteiger partial charge in [-0.05, 0) is 25.1 Å². The number of rotatable bonds is 6. The minimum absolute atomic E-state index is 0.233. The Bertz CT molecular complexity index is 565. The van der Waals surface area contributed by atoms with Gasteiger partial charge in [0, 0.05) is 17.8 Å². The SMILES string of the molecule is Cc1ccc2oc(C(=O)NCCOCCCl)cc2c1. The summed E-state index contributed by atoms with van der Waals surface area (Å²) in [5.41, 5.74) is 1.85. The lowest BCUT2D eigenvalue weighted by molar-refractivity contribution is 0.0898. The highest BCUT2D eigenvalue weighted by Crippen LogP contribution is 2.20. The highest BCUT2D eigenvalue weighted by atomic mass is 35.5. The van der Waals surface area contributed by atoms with Gasteiger partial charge in [-0.25, -0.2) is 0 Å². The van der Waals surface area contributed by atoms with Crippen molar-refractivity contribution < 1.29 is 13.9 Å². The number of hydrogen-bond donors (Lipinski definition) is 1. The second-order valence-corrected chi connectivity index (χ2v) is 4.59. The van der Waals surface area contributed by atoms with Gasteiger partial charge in [-0.15, -0.1) is 11.6 Å². The molecule has 0 radical (unpaired) electrons. The van der Waals surface area contributed by atoms with Gasteiger partial charge in [0.2, 0.25) is 0 Å². The number of carbonyl (C=O) groups is 1. The smallest absolute Gasteiger partial charge is 0.287 e. The molecule has 2 aromatic rings. The fourth-order valence-corrected chi connectivity index (χ4v) is 1.86. The molecule has 102 valence electrons. The summed E-state index contributed by atoms with van der Waals surface area (Å²) in [6.07, 6.45) is 0. The van der Waals surface area contributed by atoms with Crippen molar-refractivity contribution in [3.63, 3.8) is 0 Å². The number of fused-ring (bicyclic) bond motifs is 1. The lowest BCUT2D eigenvalue weighted by Gasteiger charge is -2.03. The lowest BCUT2D eigenvalue weighted by Crippen LogP contribution is -2.27. The van der Waals surface area contributed by atoms with Crippen LogP contribution in [0.15, 0.2) is 28.7 Å². The molecular weight excluding hydrogens is 266 g/mol. The first-order valence-electron chi connectivity index (χ1n) is 6.13. The predicted octanol–water partition coefficient (Wildman–Crippen LogP) is 2.73. The van der Waals surface area contributed by atoms with E-state index in [9.17, 15) is 4.79 Å². The van der Waals surface area contributed by atoms with Crippen molar-refractivity contribution in [1.29, 1.82) is 0 Å². The summed E-state index contributed by atoms with van der Waals surface area (Å²) in [6, 6.07) is 7.55. The van der Waals surface area contributed by atoms with Crippen molar-refractivity contribution in [2.45, 2.75) is 6.92 Å². The Morgan fingerprint density at radius 2 is 2.21 bits per heavy atom. The summed E-state index contributed by atoms with van der Waals surface area (Å²) >= 11 is 5.47. The summed E-state index contributed by atoms with van der Waals surface area (Å²) in [7, 11) is 0. The maximum absolute atomic E-state index is 11.8. The Hall–Kier alpha value is -1.52. The Morgan fingerprint density at radius 1 is 1.37 bits per heavy atom. The van der Waals surface area contributed by atoms with Crippen molar-refractivity contribution in [3.8, 4) is 0 Å². The van der Waals surface area contributed by atoms with E-state index < -0.39 is 0 Å². The van der Waals surface area contributed by atoms with Gasteiger partial charge in [0.1, 0.15) is 5.58 Å². The van der Waals surface area contributed by atoms with Crippen molar-refractivity contribution in [3.05, 3.63) is 35.6 Å². The third-order valence-electron chi connectivity index (χ3n) is 2.65. The standard InChI is InChI=1S/C14H16ClNO3/c1-10-2-3-12-11(8-10)9-13(19-12)14(17)16-5-7-18-6-4-15/h2-3,8-9H,4-7H2,1H3,(H,16,17). The number of hydrogen-bond acceptors (Lipinski definition) is 3. The Morgan fingerprint density at radius 3 is 3.00 bits per heavy atom. The van der Waals surface area contributed by atoms with Gasteiger partial charge < -0.3 is 14.5 Å². The van der Waals surface area contributed by atoms with Crippen LogP contribution in [0.3, 0.4) is 0 Å². The highest BCUT2D eigenvalue weighted by Gasteiger charge is 2.11. The number of benzene rings is 1. The first-order chi connectivity index (χ1) is 9.20. The van der Waals surface area contributed by atoms with E-state index in [1.54, 1.807) is 6.07 Å². The van der Waals surface area contributed by atoms with Crippen LogP contribution < -0.4 is 5.32 Å². The van der Waals surface area contributed by atoms with E-state index in [0.717, 1.165) is 10.9 Å². The zero-order valence-corrected chi connectivity index (χ0v) is 11.5. The molecule has 0 saturated carbocycles. The maximum Gasteiger partial charge on any atom is 0.287 e. The molecule has 19 heavy (non-hydrogen) atoms. The quantitative estimate of drug-likeness (QED) is 0.654. The molecule has 1 amide bonds. The first-order valence-corrected chi connectivity index (χ1v) is 6.66. The van der Waals surface area contributed by atoms with Crippen LogP contribution in [0.2, 0.25) is 0 Å². The van der Waals surface area contributed by atoms with Gasteiger partial charge in [0.25, 0.3) is 5.91 Å². The molecule has 1 aromatic carbocycles. The van der Waals surface area contributed by atoms with Crippen LogP contribution in [-0.2, 0) is 4.74 Å². The molecule has 0 aliphatic carbocycles. The van der Waals surface area contributed by atoms with Gasteiger partial charge in [0.05, 0.1) is 13.2 Å². The van der Waals surface area contributed by atoms with E-state index >= 15 is 0 Å². The topological polar surface area (TPSA) is 51.5 Å². The van der Waals surface area contributed by atoms with Crippen LogP contribution in [0.5, 0.6) is 0 Å². The zero-order valence-electron chi connectivity index (χ0n) is 10.7. The molecule has 0 aliphatic rings. The van der Waals surface area contributed by atoms with Crippen LogP contribution in [0.1, 0.15) is 16.1 Å². The van der Waals surface area contributed by atoms with Gasteiger partial charge in [-0.2, -0.15) is 0 Å². The van der Waals surface area contributed by atoms with Crippen LogP contribution in [-0.4, -0.2) is 31.5 Å². The van der Waals surface area contributed by atoms with Crippen LogP contribution >= 0.6 is 11.6 Å². The van der Waals surface area contributed by atoms with Crippen LogP contribution in [0.4, 0.5) is 0 Å². The normalized spacial score (nSPS) is 10.8. The number of amides is 1. The summed E-state index contributed by atoms with van der Waals surface area (Å²) in [5.74, 6) is 0.540. The Balaban J connectivity index is 1.94. The summed E-state index contributed by atoms with van der Waals surface area (Å²) in [5, 5.41) is 3.67. The third kappa shape index (κ3) is 3.72. The summed E-state index contributed by atoms with van der Waals surface area (Å²) < 4.78 is 10.7. The molecule has 0 atom stereocenters. The molecule has 0 saturated heterocycles. The monoisotopic (exact) mass is 281 g/mol. The number of nitrogens with one attached hydrogen (secondary N) is 1. The van der Waals surface area contributed by atoms with Crippen molar-refractivity contribution >= 4 is 28.5 Å². The highest BCUT2D eigenvalue weighted by molar-refractivity contribution is 6.17. The molecule has 0 spiro atoms. The molecule has 1 heterocycles. The molecule has 2 rings (SSSR count). The Labute approximate surface area is 116 Å². The predicted molar refractivity (Wildman–Crippen MR) is 74.8 cm³/mol. The molecule has 5 heteroatoms. The second-order valence-electron chi connectivity index (χ2n) is 4.21. The minimum Gasteiger partial charge on any atom is -0.451 e. The zero-order chi connectivity index (χ0) is 13.7. The van der Waals surface area contributed by atoms with E-state index in [-0.39, 0.29) is 5.91 Å². The summed E-state index contributed by atoms with van der Waals surface area (Å²) in [6.45, 7) is 3.37. The molecular formula is C14H16ClNO3. The van der Waals surface area contributed by atoms with Crippen molar-refractivity contribution in [2.75, 3.05) is 25.6 Å².